The van der Waals surface area contributed by atoms with Gasteiger partial charge in [0.25, 0.3) is 0 Å². The van der Waals surface area contributed by atoms with Gasteiger partial charge in [-0.1, -0.05) is 5.56 Å². The number of ketones is 2. The van der Waals surface area contributed by atoms with Crippen LogP contribution in [-0.4, -0.2) is 11.6 Å². The summed E-state index contributed by atoms with van der Waals surface area (Å²) >= 11 is 0. The van der Waals surface area contributed by atoms with Crippen molar-refractivity contribution in [1.29, 1.82) is 0 Å². The fourth-order valence-electron chi connectivity index (χ4n) is 2.22. The molecule has 25 heavy (non-hydrogen) atoms. The molecule has 132 valence electrons. The summed E-state index contributed by atoms with van der Waals surface area (Å²) in [5, 5.41) is 0. The van der Waals surface area contributed by atoms with Crippen molar-refractivity contribution >= 4 is 11.6 Å². The first-order chi connectivity index (χ1) is 11.8. The molecule has 0 atom stereocenters. The Morgan fingerprint density at radius 1 is 0.800 bits per heavy atom. The monoisotopic (exact) mass is 374 g/mol. The Hall–Kier alpha value is -2.88. The van der Waals surface area contributed by atoms with Gasteiger partial charge in [0, 0.05) is 17.1 Å². The minimum absolute atomic E-state index is 0. The Morgan fingerprint density at radius 2 is 1.36 bits per heavy atom. The van der Waals surface area contributed by atoms with E-state index < -0.39 is 0 Å². The zero-order chi connectivity index (χ0) is 16.8. The average molecular weight is 374 g/mol. The molecule has 0 saturated heterocycles. The molecule has 0 aliphatic carbocycles. The molecule has 0 radical (unpaired) electrons. The van der Waals surface area contributed by atoms with Crippen molar-refractivity contribution in [1.82, 2.24) is 0 Å². The van der Waals surface area contributed by atoms with Crippen LogP contribution < -0.4 is 0 Å². The molecular weight excluding hydrogens is 360 g/mol. The molecule has 5 heteroatoms. The van der Waals surface area contributed by atoms with Crippen molar-refractivity contribution in [2.24, 2.45) is 0 Å². The Bertz CT molecular complexity index is 804. The van der Waals surface area contributed by atoms with Crippen LogP contribution in [0.3, 0.4) is 0 Å². The van der Waals surface area contributed by atoms with Crippen molar-refractivity contribution < 1.29 is 35.5 Å². The third-order valence-electron chi connectivity index (χ3n) is 3.35. The molecule has 0 amide bonds. The predicted octanol–water partition coefficient (Wildman–Crippen LogP) is 4.46. The smallest absolute Gasteiger partial charge is 0.163 e. The summed E-state index contributed by atoms with van der Waals surface area (Å²) in [6.07, 6.45) is 2.84. The molecule has 0 fully saturated rings. The van der Waals surface area contributed by atoms with E-state index in [4.69, 9.17) is 8.83 Å². The molecule has 0 saturated carbocycles. The number of carbonyl (C=O) groups is 2. The molecule has 4 rings (SSSR count). The van der Waals surface area contributed by atoms with Gasteiger partial charge in [0.05, 0.1) is 12.5 Å². The van der Waals surface area contributed by atoms with E-state index in [0.717, 1.165) is 0 Å². The second kappa shape index (κ2) is 8.83. The first-order valence-corrected chi connectivity index (χ1v) is 7.36. The molecule has 0 bridgehead atoms. The molecule has 0 N–H and O–H groups in total. The number of hydrogen-bond acceptors (Lipinski definition) is 4. The zero-order valence-electron chi connectivity index (χ0n) is 13.1. The molecule has 0 spiro atoms. The standard InChI is InChI=1S/C15H9O4.C5H5.Fe/c16-14(12-6-2-8-18-12)10-4-1-5-11(10)15(17)13-7-3-9-19-13;1-2-4-5-3-1;/h1-9H;1-5H;/q-1;-5;. The topological polar surface area (TPSA) is 60.4 Å². The summed E-state index contributed by atoms with van der Waals surface area (Å²) in [6, 6.07) is 21.2. The van der Waals surface area contributed by atoms with E-state index in [1.165, 1.54) is 12.5 Å². The van der Waals surface area contributed by atoms with Crippen LogP contribution >= 0.6 is 0 Å². The molecular formula is C20H14FeO4-6. The van der Waals surface area contributed by atoms with Gasteiger partial charge in [-0.3, -0.25) is 0 Å². The second-order valence-corrected chi connectivity index (χ2v) is 4.93. The van der Waals surface area contributed by atoms with Crippen LogP contribution in [0.25, 0.3) is 0 Å². The quantitative estimate of drug-likeness (QED) is 0.301. The summed E-state index contributed by atoms with van der Waals surface area (Å²) in [6.45, 7) is 0. The minimum Gasteiger partial charge on any atom is -0.748 e. The van der Waals surface area contributed by atoms with Crippen molar-refractivity contribution in [2.45, 2.75) is 0 Å². The van der Waals surface area contributed by atoms with E-state index in [1.807, 2.05) is 30.3 Å². The van der Waals surface area contributed by atoms with Gasteiger partial charge >= 0.3 is 0 Å². The molecule has 0 aliphatic heterocycles. The van der Waals surface area contributed by atoms with E-state index in [9.17, 15) is 9.59 Å². The van der Waals surface area contributed by atoms with Gasteiger partial charge < -0.3 is 48.8 Å². The summed E-state index contributed by atoms with van der Waals surface area (Å²) in [7, 11) is 0. The zero-order valence-corrected chi connectivity index (χ0v) is 14.2. The maximum absolute atomic E-state index is 12.2. The van der Waals surface area contributed by atoms with Crippen LogP contribution in [0.4, 0.5) is 0 Å². The maximum atomic E-state index is 12.2. The first kappa shape index (κ1) is 18.5. The Morgan fingerprint density at radius 3 is 1.88 bits per heavy atom. The third-order valence-corrected chi connectivity index (χ3v) is 3.35. The van der Waals surface area contributed by atoms with Gasteiger partial charge in [-0.2, -0.15) is 6.07 Å². The van der Waals surface area contributed by atoms with Gasteiger partial charge in [-0.15, -0.1) is 12.1 Å². The SMILES string of the molecule is O=C(c1ccco1)c1ccc[c-]1C(=O)c1ccco1.[Fe].[cH-]1[cH-][cH-][cH-][cH-]1. The molecule has 0 unspecified atom stereocenters. The molecule has 2 heterocycles. The van der Waals surface area contributed by atoms with Crippen molar-refractivity contribution in [3.05, 3.63) is 108 Å². The molecule has 0 aliphatic rings. The summed E-state index contributed by atoms with van der Waals surface area (Å²) in [5.41, 5.74) is 0.632. The van der Waals surface area contributed by atoms with Gasteiger partial charge in [0.2, 0.25) is 0 Å². The number of hydrogen-bond donors (Lipinski definition) is 0. The van der Waals surface area contributed by atoms with Gasteiger partial charge in [0.1, 0.15) is 11.5 Å². The van der Waals surface area contributed by atoms with Gasteiger partial charge in [-0.05, 0) is 29.8 Å². The number of rotatable bonds is 4. The largest absolute Gasteiger partial charge is 0.748 e. The van der Waals surface area contributed by atoms with Crippen LogP contribution in [0.5, 0.6) is 0 Å². The summed E-state index contributed by atoms with van der Waals surface area (Å²) in [4.78, 5) is 24.4. The van der Waals surface area contributed by atoms with E-state index in [-0.39, 0.29) is 40.2 Å². The molecule has 4 aromatic rings. The summed E-state index contributed by atoms with van der Waals surface area (Å²) < 4.78 is 10.1. The van der Waals surface area contributed by atoms with Crippen molar-refractivity contribution in [2.75, 3.05) is 0 Å². The fraction of sp³-hybridized carbons (Fsp3) is 0. The van der Waals surface area contributed by atoms with E-state index >= 15 is 0 Å². The van der Waals surface area contributed by atoms with Crippen molar-refractivity contribution in [3.8, 4) is 0 Å². The van der Waals surface area contributed by atoms with Gasteiger partial charge in [0.15, 0.2) is 11.6 Å². The maximum Gasteiger partial charge on any atom is 0.163 e. The van der Waals surface area contributed by atoms with E-state index in [1.54, 1.807) is 42.5 Å². The van der Waals surface area contributed by atoms with Gasteiger partial charge in [-0.25, -0.2) is 0 Å². The second-order valence-electron chi connectivity index (χ2n) is 4.93. The van der Waals surface area contributed by atoms with Crippen LogP contribution in [-0.2, 0) is 17.1 Å². The van der Waals surface area contributed by atoms with Crippen LogP contribution in [0.2, 0.25) is 0 Å². The third kappa shape index (κ3) is 4.35. The van der Waals surface area contributed by atoms with E-state index in [0.29, 0.717) is 11.1 Å². The molecule has 4 nitrogen and oxygen atoms in total. The minimum atomic E-state index is -0.315. The first-order valence-electron chi connectivity index (χ1n) is 7.36. The average Bonchev–Trinajstić information content (AvgIpc) is 3.43. The Labute approximate surface area is 155 Å². The number of carbonyl (C=O) groups excluding carboxylic acids is 2. The predicted molar refractivity (Wildman–Crippen MR) is 88.4 cm³/mol. The van der Waals surface area contributed by atoms with Crippen molar-refractivity contribution in [3.63, 3.8) is 0 Å². The van der Waals surface area contributed by atoms with Crippen LogP contribution in [0, 0.1) is 0 Å². The van der Waals surface area contributed by atoms with Crippen LogP contribution in [0.1, 0.15) is 32.2 Å². The Balaban J connectivity index is 0.000000325. The fourth-order valence-corrected chi connectivity index (χ4v) is 2.22. The van der Waals surface area contributed by atoms with E-state index in [2.05, 4.69) is 0 Å². The summed E-state index contributed by atoms with van der Waals surface area (Å²) in [5.74, 6) is -0.214. The number of furan rings is 2. The molecule has 2 aromatic heterocycles. The normalized spacial score (nSPS) is 9.60. The molecule has 2 aromatic carbocycles. The van der Waals surface area contributed by atoms with Crippen LogP contribution in [0.15, 0.2) is 94.2 Å². The Kier molecular flexibility index (Phi) is 6.52.